The number of rotatable bonds is 1. The van der Waals surface area contributed by atoms with E-state index in [1.807, 2.05) is 0 Å². The van der Waals surface area contributed by atoms with Crippen LogP contribution in [0.15, 0.2) is 0 Å². The molecule has 0 spiro atoms. The minimum absolute atomic E-state index is 0. The number of hydrogen-bond acceptors (Lipinski definition) is 4. The SMILES string of the molecule is O.O.[NaH].[O]=[W](=[O])([OH])[O]O. The first-order chi connectivity index (χ1) is 2.56. The van der Waals surface area contributed by atoms with Crippen molar-refractivity contribution >= 4 is 29.6 Å². The predicted molar refractivity (Wildman–Crippen MR) is 21.7 cm³/mol. The van der Waals surface area contributed by atoms with Crippen LogP contribution in [-0.2, 0) is 27.1 Å². The molecule has 7 nitrogen and oxygen atoms in total. The van der Waals surface area contributed by atoms with Crippen molar-refractivity contribution in [2.24, 2.45) is 0 Å². The van der Waals surface area contributed by atoms with E-state index < -0.39 is 16.7 Å². The van der Waals surface area contributed by atoms with Crippen LogP contribution in [0.25, 0.3) is 0 Å². The monoisotopic (exact) mass is 326 g/mol. The molecule has 0 aromatic rings. The summed E-state index contributed by atoms with van der Waals surface area (Å²) in [5, 5.41) is 7.12. The van der Waals surface area contributed by atoms with Crippen LogP contribution < -0.4 is 0 Å². The second-order valence-electron chi connectivity index (χ2n) is 0.502. The molecule has 0 rings (SSSR count). The molecule has 0 saturated heterocycles. The molecule has 0 bridgehead atoms. The van der Waals surface area contributed by atoms with E-state index >= 15 is 0 Å². The zero-order chi connectivity index (χ0) is 5.21. The first-order valence-corrected chi connectivity index (χ1v) is 5.77. The summed E-state index contributed by atoms with van der Waals surface area (Å²) in [5.41, 5.74) is 0. The van der Waals surface area contributed by atoms with Crippen molar-refractivity contribution in [1.29, 1.82) is 0 Å². The molecule has 0 aromatic heterocycles. The van der Waals surface area contributed by atoms with Crippen LogP contribution >= 0.6 is 0 Å². The third-order valence-corrected chi connectivity index (χ3v) is 0.771. The average molecular weight is 326 g/mol. The van der Waals surface area contributed by atoms with Gasteiger partial charge in [-0.05, 0) is 0 Å². The predicted octanol–water partition coefficient (Wildman–Crippen LogP) is -3.15. The molecule has 9 heteroatoms. The van der Waals surface area contributed by atoms with Crippen molar-refractivity contribution in [1.82, 2.24) is 0 Å². The normalized spacial score (nSPS) is 7.78. The summed E-state index contributed by atoms with van der Waals surface area (Å²) < 4.78 is 28.5. The maximum atomic E-state index is 9.21. The summed E-state index contributed by atoms with van der Waals surface area (Å²) in [7, 11) is 0. The van der Waals surface area contributed by atoms with Gasteiger partial charge in [-0.2, -0.15) is 0 Å². The van der Waals surface area contributed by atoms with Crippen molar-refractivity contribution in [3.05, 3.63) is 0 Å². The van der Waals surface area contributed by atoms with Crippen molar-refractivity contribution in [3.8, 4) is 0 Å². The van der Waals surface area contributed by atoms with E-state index in [0.717, 1.165) is 0 Å². The molecule has 0 aliphatic rings. The molecule has 56 valence electrons. The van der Waals surface area contributed by atoms with E-state index in [1.165, 1.54) is 0 Å². The Kier molecular flexibility index (Phi) is 22.7. The molecule has 0 saturated carbocycles. The van der Waals surface area contributed by atoms with Crippen LogP contribution in [0.3, 0.4) is 0 Å². The molecule has 0 atom stereocenters. The summed E-state index contributed by atoms with van der Waals surface area (Å²) in [6.45, 7) is 0. The third-order valence-electron chi connectivity index (χ3n) is 0.0942. The zero-order valence-corrected chi connectivity index (χ0v) is 6.46. The van der Waals surface area contributed by atoms with Crippen LogP contribution in [0.4, 0.5) is 0 Å². The first kappa shape index (κ1) is 22.5. The van der Waals surface area contributed by atoms with E-state index in [0.29, 0.717) is 0 Å². The van der Waals surface area contributed by atoms with Crippen molar-refractivity contribution in [3.63, 3.8) is 0 Å². The summed E-state index contributed by atoms with van der Waals surface area (Å²) >= 11 is -5.66. The Labute approximate surface area is 76.2 Å². The Balaban J connectivity index is -0.0000000417. The molecule has 6 N–H and O–H groups in total. The van der Waals surface area contributed by atoms with Gasteiger partial charge in [0, 0.05) is 0 Å². The third kappa shape index (κ3) is 27.3. The molecule has 0 aromatic carbocycles. The standard InChI is InChI=1S/Na.H2O2.3H2O.2O.W.H/c;1-2;;;;;;;/h;1-2H;3*1H2;;;;/q;;;;;;;+2;/p-2. The molecule has 9 heavy (non-hydrogen) atoms. The Hall–Kier alpha value is 1.09. The topological polar surface area (TPSA) is 147 Å². The molecular formula is H7NaO7W. The minimum atomic E-state index is -5.66. The van der Waals surface area contributed by atoms with Crippen LogP contribution in [0.5, 0.6) is 0 Å². The molecule has 0 fully saturated rings. The van der Waals surface area contributed by atoms with Crippen LogP contribution in [0.1, 0.15) is 0 Å². The van der Waals surface area contributed by atoms with Gasteiger partial charge in [-0.25, -0.2) is 0 Å². The Bertz CT molecular complexity index is 111. The fourth-order valence-corrected chi connectivity index (χ4v) is 0. The van der Waals surface area contributed by atoms with Gasteiger partial charge < -0.3 is 11.0 Å². The second-order valence-corrected chi connectivity index (χ2v) is 4.11. The van der Waals surface area contributed by atoms with Gasteiger partial charge in [-0.1, -0.05) is 0 Å². The summed E-state index contributed by atoms with van der Waals surface area (Å²) in [4.78, 5) is 0. The van der Waals surface area contributed by atoms with E-state index in [9.17, 15) is 6.80 Å². The quantitative estimate of drug-likeness (QED) is 0.297. The van der Waals surface area contributed by atoms with Crippen molar-refractivity contribution in [2.45, 2.75) is 0 Å². The second kappa shape index (κ2) is 9.09. The Morgan fingerprint density at radius 3 is 1.33 bits per heavy atom. The van der Waals surface area contributed by atoms with E-state index in [-0.39, 0.29) is 40.5 Å². The van der Waals surface area contributed by atoms with Gasteiger partial charge in [0.25, 0.3) is 0 Å². The van der Waals surface area contributed by atoms with Crippen LogP contribution in [0, 0.1) is 0 Å². The average Bonchev–Trinajstić information content (AvgIpc) is 1.35. The summed E-state index contributed by atoms with van der Waals surface area (Å²) in [5.74, 6) is 0. The fourth-order valence-electron chi connectivity index (χ4n) is 0. The maximum absolute atomic E-state index is 9.21. The van der Waals surface area contributed by atoms with Gasteiger partial charge in [0.2, 0.25) is 0 Å². The Morgan fingerprint density at radius 2 is 1.33 bits per heavy atom. The summed E-state index contributed by atoms with van der Waals surface area (Å²) in [6.07, 6.45) is 0. The van der Waals surface area contributed by atoms with Crippen LogP contribution in [0.2, 0.25) is 0 Å². The van der Waals surface area contributed by atoms with E-state index in [4.69, 9.17) is 9.02 Å². The van der Waals surface area contributed by atoms with E-state index in [1.54, 1.807) is 0 Å². The van der Waals surface area contributed by atoms with Crippen LogP contribution in [-0.4, -0.2) is 49.5 Å². The molecule has 0 unspecified atom stereocenters. The van der Waals surface area contributed by atoms with Crippen molar-refractivity contribution < 1.29 is 47.1 Å². The van der Waals surface area contributed by atoms with E-state index in [2.05, 4.69) is 3.54 Å². The molecule has 0 heterocycles. The number of hydrogen-bond donors (Lipinski definition) is 2. The van der Waals surface area contributed by atoms with Gasteiger partial charge in [0.1, 0.15) is 0 Å². The fraction of sp³-hybridized carbons (Fsp3) is 0. The van der Waals surface area contributed by atoms with Crippen molar-refractivity contribution in [2.75, 3.05) is 0 Å². The molecule has 0 aliphatic heterocycles. The van der Waals surface area contributed by atoms with Gasteiger partial charge in [-0.15, -0.1) is 0 Å². The first-order valence-electron chi connectivity index (χ1n) is 0.865. The molecule has 0 radical (unpaired) electrons. The van der Waals surface area contributed by atoms with Gasteiger partial charge in [0.15, 0.2) is 0 Å². The summed E-state index contributed by atoms with van der Waals surface area (Å²) in [6, 6.07) is 0. The van der Waals surface area contributed by atoms with Gasteiger partial charge in [0.05, 0.1) is 0 Å². The van der Waals surface area contributed by atoms with Gasteiger partial charge >= 0.3 is 65.7 Å². The molecular weight excluding hydrogens is 319 g/mol. The van der Waals surface area contributed by atoms with Gasteiger partial charge in [-0.3, -0.25) is 0 Å². The Morgan fingerprint density at radius 1 is 1.22 bits per heavy atom. The molecule has 0 aliphatic carbocycles. The zero-order valence-electron chi connectivity index (χ0n) is 3.53. The molecule has 0 amide bonds.